The van der Waals surface area contributed by atoms with Crippen LogP contribution >= 0.6 is 0 Å². The Bertz CT molecular complexity index is 852. The predicted molar refractivity (Wildman–Crippen MR) is 98.1 cm³/mol. The van der Waals surface area contributed by atoms with Crippen molar-refractivity contribution >= 4 is 26.6 Å². The van der Waals surface area contributed by atoms with Gasteiger partial charge in [0.15, 0.2) is 0 Å². The van der Waals surface area contributed by atoms with E-state index in [-0.39, 0.29) is 4.90 Å². The molecule has 2 aromatic carbocycles. The molecule has 0 unspecified atom stereocenters. The maximum Gasteiger partial charge on any atom is 0.268 e. The zero-order valence-corrected chi connectivity index (χ0v) is 14.8. The van der Waals surface area contributed by atoms with E-state index < -0.39 is 10.0 Å². The molecule has 0 aliphatic carbocycles. The zero-order valence-electron chi connectivity index (χ0n) is 14.0. The molecule has 0 saturated heterocycles. The molecular weight excluding hydrogens is 308 g/mol. The van der Waals surface area contributed by atoms with Crippen LogP contribution in [0.15, 0.2) is 65.7 Å². The molecule has 3 rings (SSSR count). The summed E-state index contributed by atoms with van der Waals surface area (Å²) in [5.41, 5.74) is 6.73. The number of fused-ring (bicyclic) bond motifs is 1. The van der Waals surface area contributed by atoms with Crippen molar-refractivity contribution in [3.05, 3.63) is 60.8 Å². The second-order valence-electron chi connectivity index (χ2n) is 4.25. The topological polar surface area (TPSA) is 65.1 Å². The molecule has 3 aromatic rings. The van der Waals surface area contributed by atoms with E-state index in [0.29, 0.717) is 11.2 Å². The van der Waals surface area contributed by atoms with Gasteiger partial charge in [0.05, 0.1) is 10.4 Å². The average Bonchev–Trinajstić information content (AvgIpc) is 3.03. The number of hydrogen-bond acceptors (Lipinski definition) is 3. The van der Waals surface area contributed by atoms with Crippen LogP contribution in [0.5, 0.6) is 0 Å². The van der Waals surface area contributed by atoms with Crippen molar-refractivity contribution in [3.8, 4) is 0 Å². The van der Waals surface area contributed by atoms with E-state index in [1.54, 1.807) is 36.5 Å². The van der Waals surface area contributed by atoms with Gasteiger partial charge in [0.1, 0.15) is 0 Å². The molecule has 4 nitrogen and oxygen atoms in total. The zero-order chi connectivity index (χ0) is 17.5. The highest BCUT2D eigenvalue weighted by Gasteiger charge is 2.18. The fourth-order valence-electron chi connectivity index (χ4n) is 2.06. The number of anilines is 1. The van der Waals surface area contributed by atoms with Crippen LogP contribution in [0.2, 0.25) is 0 Å². The fourth-order valence-corrected chi connectivity index (χ4v) is 3.46. The van der Waals surface area contributed by atoms with Gasteiger partial charge in [-0.15, -0.1) is 0 Å². The SMILES string of the molecule is CC.CC.Nc1cccc(S(=O)(=O)n2ccc3ccccc32)c1. The molecule has 5 heteroatoms. The van der Waals surface area contributed by atoms with E-state index in [2.05, 4.69) is 0 Å². The second-order valence-corrected chi connectivity index (χ2v) is 6.06. The number of benzene rings is 2. The van der Waals surface area contributed by atoms with Crippen LogP contribution in [-0.2, 0) is 10.0 Å². The lowest BCUT2D eigenvalue weighted by Crippen LogP contribution is -2.11. The number of rotatable bonds is 2. The molecule has 1 aromatic heterocycles. The molecule has 0 fully saturated rings. The quantitative estimate of drug-likeness (QED) is 0.702. The number of nitrogens with two attached hydrogens (primary N) is 1. The van der Waals surface area contributed by atoms with Crippen molar-refractivity contribution in [3.63, 3.8) is 0 Å². The smallest absolute Gasteiger partial charge is 0.268 e. The van der Waals surface area contributed by atoms with Crippen LogP contribution in [0.3, 0.4) is 0 Å². The summed E-state index contributed by atoms with van der Waals surface area (Å²) < 4.78 is 26.4. The Morgan fingerprint density at radius 3 is 2.17 bits per heavy atom. The largest absolute Gasteiger partial charge is 0.399 e. The summed E-state index contributed by atoms with van der Waals surface area (Å²) in [6, 6.07) is 15.4. The van der Waals surface area contributed by atoms with E-state index >= 15 is 0 Å². The van der Waals surface area contributed by atoms with Crippen LogP contribution in [0.25, 0.3) is 10.9 Å². The minimum Gasteiger partial charge on any atom is -0.399 e. The molecule has 0 bridgehead atoms. The van der Waals surface area contributed by atoms with E-state index in [1.807, 2.05) is 45.9 Å². The van der Waals surface area contributed by atoms with E-state index in [9.17, 15) is 8.42 Å². The van der Waals surface area contributed by atoms with Gasteiger partial charge in [0.2, 0.25) is 0 Å². The summed E-state index contributed by atoms with van der Waals surface area (Å²) in [5.74, 6) is 0. The highest BCUT2D eigenvalue weighted by molar-refractivity contribution is 7.90. The standard InChI is InChI=1S/C14H12N2O2S.2C2H6/c15-12-5-3-6-13(10-12)19(17,18)16-9-8-11-4-1-2-7-14(11)16;2*1-2/h1-10H,15H2;2*1-2H3. The number of hydrogen-bond donors (Lipinski definition) is 1. The van der Waals surface area contributed by atoms with Crippen LogP contribution in [0, 0.1) is 0 Å². The average molecular weight is 332 g/mol. The highest BCUT2D eigenvalue weighted by atomic mass is 32.2. The Morgan fingerprint density at radius 2 is 1.52 bits per heavy atom. The Kier molecular flexibility index (Phi) is 6.85. The summed E-state index contributed by atoms with van der Waals surface area (Å²) in [4.78, 5) is 0.189. The fraction of sp³-hybridized carbons (Fsp3) is 0.222. The van der Waals surface area contributed by atoms with Crippen molar-refractivity contribution in [2.75, 3.05) is 5.73 Å². The van der Waals surface area contributed by atoms with Crippen molar-refractivity contribution < 1.29 is 8.42 Å². The molecule has 0 aliphatic heterocycles. The number of nitrogen functional groups attached to an aromatic ring is 1. The number of para-hydroxylation sites is 1. The maximum absolute atomic E-state index is 12.6. The van der Waals surface area contributed by atoms with Gasteiger partial charge in [0, 0.05) is 17.3 Å². The van der Waals surface area contributed by atoms with E-state index in [4.69, 9.17) is 5.73 Å². The monoisotopic (exact) mass is 332 g/mol. The van der Waals surface area contributed by atoms with Crippen molar-refractivity contribution in [2.45, 2.75) is 32.6 Å². The van der Waals surface area contributed by atoms with Crippen LogP contribution < -0.4 is 5.73 Å². The summed E-state index contributed by atoms with van der Waals surface area (Å²) in [6.07, 6.45) is 1.56. The van der Waals surface area contributed by atoms with Gasteiger partial charge in [-0.3, -0.25) is 0 Å². The lowest BCUT2D eigenvalue weighted by molar-refractivity contribution is 0.589. The number of aromatic nitrogens is 1. The third kappa shape index (κ3) is 3.93. The number of nitrogens with zero attached hydrogens (tertiary/aromatic N) is 1. The van der Waals surface area contributed by atoms with Gasteiger partial charge in [0.25, 0.3) is 10.0 Å². The molecule has 23 heavy (non-hydrogen) atoms. The molecule has 124 valence electrons. The normalized spacial score (nSPS) is 10.3. The van der Waals surface area contributed by atoms with Gasteiger partial charge < -0.3 is 5.73 Å². The van der Waals surface area contributed by atoms with Gasteiger partial charge in [-0.2, -0.15) is 0 Å². The third-order valence-electron chi connectivity index (χ3n) is 2.98. The van der Waals surface area contributed by atoms with Crippen molar-refractivity contribution in [1.29, 1.82) is 0 Å². The molecule has 0 atom stereocenters. The molecule has 0 radical (unpaired) electrons. The first-order valence-corrected chi connectivity index (χ1v) is 9.20. The molecule has 0 amide bonds. The van der Waals surface area contributed by atoms with E-state index in [1.165, 1.54) is 10.0 Å². The molecule has 2 N–H and O–H groups in total. The molecule has 0 spiro atoms. The van der Waals surface area contributed by atoms with Gasteiger partial charge in [-0.25, -0.2) is 12.4 Å². The minimum absolute atomic E-state index is 0.189. The lowest BCUT2D eigenvalue weighted by atomic mass is 10.3. The van der Waals surface area contributed by atoms with Crippen LogP contribution in [0.4, 0.5) is 5.69 Å². The third-order valence-corrected chi connectivity index (χ3v) is 4.66. The lowest BCUT2D eigenvalue weighted by Gasteiger charge is -2.08. The van der Waals surface area contributed by atoms with Gasteiger partial charge >= 0.3 is 0 Å². The first-order valence-electron chi connectivity index (χ1n) is 7.76. The summed E-state index contributed by atoms with van der Waals surface area (Å²) in [5, 5.41) is 0.884. The second kappa shape index (κ2) is 8.39. The Morgan fingerprint density at radius 1 is 0.870 bits per heavy atom. The van der Waals surface area contributed by atoms with Crippen LogP contribution in [-0.4, -0.2) is 12.4 Å². The first-order chi connectivity index (χ1) is 11.1. The predicted octanol–water partition coefficient (Wildman–Crippen LogP) is 4.51. The summed E-state index contributed by atoms with van der Waals surface area (Å²) in [7, 11) is -3.61. The molecular formula is C18H24N2O2S. The van der Waals surface area contributed by atoms with Gasteiger partial charge in [-0.1, -0.05) is 52.0 Å². The highest BCUT2D eigenvalue weighted by Crippen LogP contribution is 2.22. The van der Waals surface area contributed by atoms with Gasteiger partial charge in [-0.05, 0) is 30.3 Å². The Labute approximate surface area is 138 Å². The van der Waals surface area contributed by atoms with E-state index in [0.717, 1.165) is 5.39 Å². The summed E-state index contributed by atoms with van der Waals surface area (Å²) >= 11 is 0. The Balaban J connectivity index is 0.000000615. The molecule has 0 aliphatic rings. The Hall–Kier alpha value is -2.27. The molecule has 1 heterocycles. The van der Waals surface area contributed by atoms with Crippen molar-refractivity contribution in [1.82, 2.24) is 3.97 Å². The maximum atomic E-state index is 12.6. The van der Waals surface area contributed by atoms with Crippen LogP contribution in [0.1, 0.15) is 27.7 Å². The molecule has 0 saturated carbocycles. The minimum atomic E-state index is -3.61. The first kappa shape index (κ1) is 18.8. The summed E-state index contributed by atoms with van der Waals surface area (Å²) in [6.45, 7) is 8.00. The van der Waals surface area contributed by atoms with Crippen molar-refractivity contribution in [2.24, 2.45) is 0 Å².